The molecule has 168 valence electrons. The second-order valence-electron chi connectivity index (χ2n) is 6.93. The van der Waals surface area contributed by atoms with E-state index < -0.39 is 5.82 Å². The smallest absolute Gasteiger partial charge is 0.251 e. The lowest BCUT2D eigenvalue weighted by Crippen LogP contribution is -2.24. The van der Waals surface area contributed by atoms with Crippen LogP contribution >= 0.6 is 35.0 Å². The molecule has 3 aromatic carbocycles. The van der Waals surface area contributed by atoms with Crippen molar-refractivity contribution in [3.05, 3.63) is 105 Å². The molecule has 4 rings (SSSR count). The molecule has 0 saturated carbocycles. The predicted molar refractivity (Wildman–Crippen MR) is 125 cm³/mol. The van der Waals surface area contributed by atoms with Gasteiger partial charge in [0.15, 0.2) is 11.0 Å². The van der Waals surface area contributed by atoms with Crippen molar-refractivity contribution in [2.75, 3.05) is 0 Å². The minimum absolute atomic E-state index is 0.0448. The normalized spacial score (nSPS) is 10.9. The summed E-state index contributed by atoms with van der Waals surface area (Å²) in [6, 6.07) is 16.4. The molecule has 0 aliphatic heterocycles. The molecular weight excluding hydrogens is 489 g/mol. The van der Waals surface area contributed by atoms with Crippen LogP contribution in [0.25, 0.3) is 5.69 Å². The molecule has 1 heterocycles. The molecule has 1 N–H and O–H groups in total. The fourth-order valence-corrected chi connectivity index (χ4v) is 4.29. The Labute approximate surface area is 202 Å². The number of hydrogen-bond acceptors (Lipinski definition) is 4. The number of aromatic nitrogens is 3. The van der Waals surface area contributed by atoms with Gasteiger partial charge in [0.1, 0.15) is 11.6 Å². The first kappa shape index (κ1) is 23.2. The highest BCUT2D eigenvalue weighted by Crippen LogP contribution is 2.31. The van der Waals surface area contributed by atoms with Gasteiger partial charge < -0.3 is 5.32 Å². The summed E-state index contributed by atoms with van der Waals surface area (Å²) in [5, 5.41) is 12.7. The number of amides is 1. The molecule has 0 fully saturated rings. The van der Waals surface area contributed by atoms with E-state index in [1.807, 2.05) is 0 Å². The van der Waals surface area contributed by atoms with Crippen molar-refractivity contribution in [3.63, 3.8) is 0 Å². The van der Waals surface area contributed by atoms with Crippen molar-refractivity contribution >= 4 is 40.9 Å². The lowest BCUT2D eigenvalue weighted by Gasteiger charge is -2.13. The first-order valence-corrected chi connectivity index (χ1v) is 11.5. The average molecular weight is 505 g/mol. The van der Waals surface area contributed by atoms with Crippen molar-refractivity contribution in [1.82, 2.24) is 20.1 Å². The number of nitrogens with zero attached hydrogens (tertiary/aromatic N) is 3. The summed E-state index contributed by atoms with van der Waals surface area (Å²) in [5.74, 6) is -0.182. The van der Waals surface area contributed by atoms with Crippen molar-refractivity contribution in [1.29, 1.82) is 0 Å². The molecular formula is C23H16Cl2F2N4OS. The Kier molecular flexibility index (Phi) is 7.27. The van der Waals surface area contributed by atoms with Gasteiger partial charge >= 0.3 is 0 Å². The maximum atomic E-state index is 13.2. The topological polar surface area (TPSA) is 59.8 Å². The Morgan fingerprint density at radius 3 is 2.30 bits per heavy atom. The minimum Gasteiger partial charge on any atom is -0.345 e. The van der Waals surface area contributed by atoms with E-state index in [2.05, 4.69) is 15.5 Å². The third kappa shape index (κ3) is 5.71. The molecule has 4 aromatic rings. The average Bonchev–Trinajstić information content (AvgIpc) is 3.21. The monoisotopic (exact) mass is 504 g/mol. The number of thioether (sulfide) groups is 1. The first-order chi connectivity index (χ1) is 15.9. The number of benzene rings is 3. The van der Waals surface area contributed by atoms with Crippen molar-refractivity contribution in [2.45, 2.75) is 17.5 Å². The molecule has 0 spiro atoms. The van der Waals surface area contributed by atoms with Gasteiger partial charge in [0.05, 0.1) is 17.3 Å². The van der Waals surface area contributed by atoms with Gasteiger partial charge in [-0.1, -0.05) is 47.1 Å². The van der Waals surface area contributed by atoms with Gasteiger partial charge in [-0.15, -0.1) is 10.2 Å². The zero-order valence-corrected chi connectivity index (χ0v) is 19.3. The van der Waals surface area contributed by atoms with Crippen LogP contribution in [-0.2, 0) is 12.3 Å². The van der Waals surface area contributed by atoms with E-state index in [-0.39, 0.29) is 18.3 Å². The van der Waals surface area contributed by atoms with Crippen LogP contribution in [-0.4, -0.2) is 20.7 Å². The van der Waals surface area contributed by atoms with Crippen LogP contribution in [0.5, 0.6) is 0 Å². The molecule has 0 radical (unpaired) electrons. The Bertz CT molecular complexity index is 1280. The van der Waals surface area contributed by atoms with E-state index in [0.29, 0.717) is 38.0 Å². The second kappa shape index (κ2) is 10.3. The Morgan fingerprint density at radius 1 is 0.939 bits per heavy atom. The third-order valence-electron chi connectivity index (χ3n) is 4.64. The van der Waals surface area contributed by atoms with Crippen LogP contribution in [0.1, 0.15) is 21.7 Å². The molecule has 1 amide bonds. The van der Waals surface area contributed by atoms with Gasteiger partial charge in [0, 0.05) is 16.3 Å². The van der Waals surface area contributed by atoms with Crippen LogP contribution < -0.4 is 5.32 Å². The van der Waals surface area contributed by atoms with Gasteiger partial charge in [-0.3, -0.25) is 9.36 Å². The molecule has 33 heavy (non-hydrogen) atoms. The number of nitrogens with one attached hydrogen (secondary N) is 1. The van der Waals surface area contributed by atoms with Crippen molar-refractivity contribution in [3.8, 4) is 5.69 Å². The van der Waals surface area contributed by atoms with E-state index in [1.54, 1.807) is 34.9 Å². The van der Waals surface area contributed by atoms with Crippen LogP contribution in [0.15, 0.2) is 71.9 Å². The summed E-state index contributed by atoms with van der Waals surface area (Å²) in [4.78, 5) is 12.5. The summed E-state index contributed by atoms with van der Waals surface area (Å²) in [6.45, 7) is 0.0448. The summed E-state index contributed by atoms with van der Waals surface area (Å²) < 4.78 is 28.0. The van der Waals surface area contributed by atoms with E-state index in [1.165, 1.54) is 48.2 Å². The van der Waals surface area contributed by atoms with Gasteiger partial charge in [-0.2, -0.15) is 0 Å². The highest BCUT2D eigenvalue weighted by atomic mass is 35.5. The standard InChI is InChI=1S/C23H16Cl2F2N4OS/c24-16-5-10-19(25)20(11-16)31-21(12-28-22(32)15-3-8-18(27)9-4-15)29-30-23(31)33-13-14-1-6-17(26)7-2-14/h1-11H,12-13H2,(H,28,32). The zero-order valence-electron chi connectivity index (χ0n) is 16.9. The maximum Gasteiger partial charge on any atom is 0.251 e. The van der Waals surface area contributed by atoms with E-state index in [4.69, 9.17) is 23.2 Å². The fraction of sp³-hybridized carbons (Fsp3) is 0.0870. The molecule has 0 unspecified atom stereocenters. The van der Waals surface area contributed by atoms with Crippen LogP contribution in [0.3, 0.4) is 0 Å². The summed E-state index contributed by atoms with van der Waals surface area (Å²) in [5.41, 5.74) is 1.77. The summed E-state index contributed by atoms with van der Waals surface area (Å²) >= 11 is 14.0. The quantitative estimate of drug-likeness (QED) is 0.310. The fourth-order valence-electron chi connectivity index (χ4n) is 3.00. The number of carbonyl (C=O) groups excluding carboxylic acids is 1. The third-order valence-corrected chi connectivity index (χ3v) is 6.20. The van der Waals surface area contributed by atoms with Crippen LogP contribution in [0.4, 0.5) is 8.78 Å². The Hall–Kier alpha value is -2.94. The molecule has 1 aromatic heterocycles. The Morgan fingerprint density at radius 2 is 1.61 bits per heavy atom. The summed E-state index contributed by atoms with van der Waals surface area (Å²) in [7, 11) is 0. The van der Waals surface area contributed by atoms with Crippen molar-refractivity contribution in [2.24, 2.45) is 0 Å². The molecule has 0 atom stereocenters. The highest BCUT2D eigenvalue weighted by molar-refractivity contribution is 7.98. The maximum absolute atomic E-state index is 13.2. The highest BCUT2D eigenvalue weighted by Gasteiger charge is 2.18. The van der Waals surface area contributed by atoms with Gasteiger partial charge in [0.25, 0.3) is 5.91 Å². The lowest BCUT2D eigenvalue weighted by molar-refractivity contribution is 0.0949. The Balaban J connectivity index is 1.60. The summed E-state index contributed by atoms with van der Waals surface area (Å²) in [6.07, 6.45) is 0. The predicted octanol–water partition coefficient (Wildman–Crippen LogP) is 6.07. The van der Waals surface area contributed by atoms with Crippen LogP contribution in [0.2, 0.25) is 10.0 Å². The lowest BCUT2D eigenvalue weighted by atomic mass is 10.2. The number of halogens is 4. The number of carbonyl (C=O) groups is 1. The number of rotatable bonds is 7. The number of hydrogen-bond donors (Lipinski definition) is 1. The van der Waals surface area contributed by atoms with E-state index in [9.17, 15) is 13.6 Å². The van der Waals surface area contributed by atoms with Gasteiger partial charge in [0.2, 0.25) is 0 Å². The largest absolute Gasteiger partial charge is 0.345 e. The zero-order chi connectivity index (χ0) is 23.4. The first-order valence-electron chi connectivity index (χ1n) is 9.71. The molecule has 0 saturated heterocycles. The van der Waals surface area contributed by atoms with Crippen molar-refractivity contribution < 1.29 is 13.6 Å². The van der Waals surface area contributed by atoms with E-state index >= 15 is 0 Å². The molecule has 0 aliphatic rings. The molecule has 5 nitrogen and oxygen atoms in total. The second-order valence-corrected chi connectivity index (χ2v) is 8.72. The SMILES string of the molecule is O=C(NCc1nnc(SCc2ccc(F)cc2)n1-c1cc(Cl)ccc1Cl)c1ccc(F)cc1. The van der Waals surface area contributed by atoms with Gasteiger partial charge in [-0.25, -0.2) is 8.78 Å². The van der Waals surface area contributed by atoms with E-state index in [0.717, 1.165) is 5.56 Å². The molecule has 0 bridgehead atoms. The van der Waals surface area contributed by atoms with Gasteiger partial charge in [-0.05, 0) is 60.2 Å². The minimum atomic E-state index is -0.426. The van der Waals surface area contributed by atoms with Crippen LogP contribution in [0, 0.1) is 11.6 Å². The molecule has 0 aliphatic carbocycles. The molecule has 10 heteroatoms.